The molecule has 4 heteroatoms. The minimum absolute atomic E-state index is 0.715. The summed E-state index contributed by atoms with van der Waals surface area (Å²) < 4.78 is 0. The maximum Gasteiger partial charge on any atom is 0.426 e. The number of nitrogens with two attached hydrogens (primary N) is 1. The quantitative estimate of drug-likeness (QED) is 0.325. The number of carbonyl (C=O) groups is 1. The van der Waals surface area contributed by atoms with E-state index in [0.717, 1.165) is 24.3 Å². The summed E-state index contributed by atoms with van der Waals surface area (Å²) in [6.45, 7) is 0. The Morgan fingerprint density at radius 1 is 1.80 bits per heavy atom. The van der Waals surface area contributed by atoms with Crippen LogP contribution in [0.2, 0.25) is 0 Å². The molecule has 10 heavy (non-hydrogen) atoms. The third-order valence-electron chi connectivity index (χ3n) is 1.53. The molecule has 0 aromatic rings. The van der Waals surface area contributed by atoms with E-state index in [4.69, 9.17) is 10.9 Å². The number of nitrogens with zero attached hydrogens (tertiary/aromatic N) is 1. The first kappa shape index (κ1) is 7.08. The lowest BCUT2D eigenvalue weighted by Gasteiger charge is -2.12. The Morgan fingerprint density at radius 3 is 2.90 bits per heavy atom. The van der Waals surface area contributed by atoms with E-state index in [-0.39, 0.29) is 0 Å². The molecule has 1 amide bonds. The van der Waals surface area contributed by atoms with Crippen LogP contribution in [0, 0.1) is 0 Å². The van der Waals surface area contributed by atoms with Crippen molar-refractivity contribution >= 4 is 6.09 Å². The molecule has 0 spiro atoms. The van der Waals surface area contributed by atoms with Gasteiger partial charge in [-0.1, -0.05) is 6.08 Å². The van der Waals surface area contributed by atoms with Crippen molar-refractivity contribution in [2.24, 2.45) is 5.84 Å². The van der Waals surface area contributed by atoms with Gasteiger partial charge in [-0.3, -0.25) is 0 Å². The van der Waals surface area contributed by atoms with Crippen molar-refractivity contribution in [1.29, 1.82) is 0 Å². The first-order chi connectivity index (χ1) is 4.72. The summed E-state index contributed by atoms with van der Waals surface area (Å²) >= 11 is 0. The lowest BCUT2D eigenvalue weighted by molar-refractivity contribution is 0.158. The van der Waals surface area contributed by atoms with Gasteiger partial charge in [0.15, 0.2) is 0 Å². The van der Waals surface area contributed by atoms with Crippen LogP contribution in [0.5, 0.6) is 0 Å². The van der Waals surface area contributed by atoms with E-state index in [1.165, 1.54) is 0 Å². The van der Waals surface area contributed by atoms with E-state index in [1.807, 2.05) is 6.08 Å². The van der Waals surface area contributed by atoms with Gasteiger partial charge in [0.1, 0.15) is 0 Å². The molecule has 0 fully saturated rings. The van der Waals surface area contributed by atoms with Crippen molar-refractivity contribution in [1.82, 2.24) is 5.01 Å². The number of hydrazine groups is 1. The molecule has 0 saturated carbocycles. The van der Waals surface area contributed by atoms with Crippen molar-refractivity contribution in [3.63, 3.8) is 0 Å². The molecule has 0 radical (unpaired) electrons. The Balaban J connectivity index is 2.55. The van der Waals surface area contributed by atoms with Crippen LogP contribution >= 0.6 is 0 Å². The Labute approximate surface area is 58.9 Å². The summed E-state index contributed by atoms with van der Waals surface area (Å²) in [6, 6.07) is 0. The van der Waals surface area contributed by atoms with E-state index in [2.05, 4.69) is 0 Å². The number of amides is 1. The summed E-state index contributed by atoms with van der Waals surface area (Å²) in [5, 5.41) is 9.19. The van der Waals surface area contributed by atoms with E-state index in [0.29, 0.717) is 5.70 Å². The molecule has 0 unspecified atom stereocenters. The van der Waals surface area contributed by atoms with Crippen LogP contribution in [0.1, 0.15) is 19.3 Å². The summed E-state index contributed by atoms with van der Waals surface area (Å²) in [4.78, 5) is 10.2. The van der Waals surface area contributed by atoms with E-state index < -0.39 is 6.09 Å². The fourth-order valence-corrected chi connectivity index (χ4v) is 0.996. The number of hydrogen-bond donors (Lipinski definition) is 2. The first-order valence-electron chi connectivity index (χ1n) is 3.18. The second-order valence-electron chi connectivity index (χ2n) is 2.24. The molecule has 56 valence electrons. The first-order valence-corrected chi connectivity index (χ1v) is 3.18. The average molecular weight is 142 g/mol. The molecule has 0 aromatic carbocycles. The van der Waals surface area contributed by atoms with Gasteiger partial charge in [0, 0.05) is 5.70 Å². The zero-order chi connectivity index (χ0) is 7.56. The van der Waals surface area contributed by atoms with Crippen LogP contribution in [0.4, 0.5) is 4.79 Å². The van der Waals surface area contributed by atoms with Gasteiger partial charge in [0.05, 0.1) is 0 Å². The molecule has 0 saturated heterocycles. The summed E-state index contributed by atoms with van der Waals surface area (Å²) in [5.74, 6) is 5.19. The summed E-state index contributed by atoms with van der Waals surface area (Å²) in [6.07, 6.45) is 3.50. The SMILES string of the molecule is NN(C(=O)O)C1=CCCC1. The summed E-state index contributed by atoms with van der Waals surface area (Å²) in [7, 11) is 0. The topological polar surface area (TPSA) is 66.6 Å². The molecule has 4 nitrogen and oxygen atoms in total. The third-order valence-corrected chi connectivity index (χ3v) is 1.53. The van der Waals surface area contributed by atoms with Crippen molar-refractivity contribution in [3.05, 3.63) is 11.8 Å². The molecule has 1 aliphatic rings. The monoisotopic (exact) mass is 142 g/mol. The van der Waals surface area contributed by atoms with Crippen molar-refractivity contribution in [2.45, 2.75) is 19.3 Å². The van der Waals surface area contributed by atoms with Crippen molar-refractivity contribution in [3.8, 4) is 0 Å². The van der Waals surface area contributed by atoms with Gasteiger partial charge in [-0.2, -0.15) is 0 Å². The number of rotatable bonds is 1. The largest absolute Gasteiger partial charge is 0.464 e. The summed E-state index contributed by atoms with van der Waals surface area (Å²) in [5.41, 5.74) is 0.715. The van der Waals surface area contributed by atoms with Crippen LogP contribution in [0.3, 0.4) is 0 Å². The number of carboxylic acid groups (broad SMARTS) is 1. The maximum absolute atomic E-state index is 10.2. The Bertz CT molecular complexity index is 177. The maximum atomic E-state index is 10.2. The highest BCUT2D eigenvalue weighted by atomic mass is 16.4. The molecule has 1 rings (SSSR count). The van der Waals surface area contributed by atoms with Gasteiger partial charge >= 0.3 is 6.09 Å². The molecular weight excluding hydrogens is 132 g/mol. The standard InChI is InChI=1S/C6H10N2O2/c7-8(6(9)10)5-3-1-2-4-5/h3H,1-2,4,7H2,(H,9,10). The predicted molar refractivity (Wildman–Crippen MR) is 36.0 cm³/mol. The van der Waals surface area contributed by atoms with Gasteiger partial charge in [-0.15, -0.1) is 0 Å². The zero-order valence-corrected chi connectivity index (χ0v) is 5.58. The second-order valence-corrected chi connectivity index (χ2v) is 2.24. The molecule has 3 N–H and O–H groups in total. The van der Waals surface area contributed by atoms with Gasteiger partial charge < -0.3 is 5.11 Å². The Kier molecular flexibility index (Phi) is 1.91. The van der Waals surface area contributed by atoms with Crippen LogP contribution in [0.25, 0.3) is 0 Å². The van der Waals surface area contributed by atoms with Crippen LogP contribution in [-0.2, 0) is 0 Å². The zero-order valence-electron chi connectivity index (χ0n) is 5.58. The van der Waals surface area contributed by atoms with E-state index in [1.54, 1.807) is 0 Å². The molecule has 0 heterocycles. The van der Waals surface area contributed by atoms with Crippen LogP contribution in [0.15, 0.2) is 11.8 Å². The third kappa shape index (κ3) is 1.27. The van der Waals surface area contributed by atoms with Gasteiger partial charge in [-0.05, 0) is 19.3 Å². The highest BCUT2D eigenvalue weighted by Gasteiger charge is 2.14. The smallest absolute Gasteiger partial charge is 0.426 e. The normalized spacial score (nSPS) is 16.7. The minimum atomic E-state index is -1.09. The van der Waals surface area contributed by atoms with E-state index >= 15 is 0 Å². The highest BCUT2D eigenvalue weighted by Crippen LogP contribution is 2.18. The van der Waals surface area contributed by atoms with E-state index in [9.17, 15) is 4.79 Å². The number of allylic oxidation sites excluding steroid dienone is 2. The van der Waals surface area contributed by atoms with Gasteiger partial charge in [0.25, 0.3) is 0 Å². The molecular formula is C6H10N2O2. The highest BCUT2D eigenvalue weighted by molar-refractivity contribution is 5.66. The minimum Gasteiger partial charge on any atom is -0.464 e. The molecule has 1 aliphatic carbocycles. The lowest BCUT2D eigenvalue weighted by atomic mass is 10.3. The Hall–Kier alpha value is -1.03. The van der Waals surface area contributed by atoms with Crippen molar-refractivity contribution in [2.75, 3.05) is 0 Å². The Morgan fingerprint density at radius 2 is 2.50 bits per heavy atom. The van der Waals surface area contributed by atoms with Crippen molar-refractivity contribution < 1.29 is 9.90 Å². The molecule has 0 bridgehead atoms. The van der Waals surface area contributed by atoms with Crippen LogP contribution < -0.4 is 5.84 Å². The van der Waals surface area contributed by atoms with Gasteiger partial charge in [-0.25, -0.2) is 15.6 Å². The fourth-order valence-electron chi connectivity index (χ4n) is 0.996. The predicted octanol–water partition coefficient (Wildman–Crippen LogP) is 0.908. The molecule has 0 aliphatic heterocycles. The lowest BCUT2D eigenvalue weighted by Crippen LogP contribution is -2.34. The molecule has 0 atom stereocenters. The van der Waals surface area contributed by atoms with Gasteiger partial charge in [0.2, 0.25) is 0 Å². The average Bonchev–Trinajstić information content (AvgIpc) is 2.36. The fraction of sp³-hybridized carbons (Fsp3) is 0.500. The van der Waals surface area contributed by atoms with Crippen LogP contribution in [-0.4, -0.2) is 16.2 Å². The number of hydrogen-bond acceptors (Lipinski definition) is 2. The second kappa shape index (κ2) is 2.70. The molecule has 0 aromatic heterocycles.